The summed E-state index contributed by atoms with van der Waals surface area (Å²) < 4.78 is 3.51. The van der Waals surface area contributed by atoms with E-state index in [2.05, 4.69) is 28.1 Å². The summed E-state index contributed by atoms with van der Waals surface area (Å²) >= 11 is 3.50. The van der Waals surface area contributed by atoms with Crippen LogP contribution < -0.4 is 5.56 Å². The fourth-order valence-corrected chi connectivity index (χ4v) is 4.96. The van der Waals surface area contributed by atoms with Crippen LogP contribution in [0.4, 0.5) is 0 Å². The predicted octanol–water partition coefficient (Wildman–Crippen LogP) is 7.52. The minimum Gasteiger partial charge on any atom is -0.268 e. The van der Waals surface area contributed by atoms with Crippen LogP contribution in [0.2, 0.25) is 0 Å². The zero-order chi connectivity index (χ0) is 24.3. The van der Waals surface area contributed by atoms with Gasteiger partial charge in [0.1, 0.15) is 5.69 Å². The Balaban J connectivity index is 1.39. The molecule has 0 saturated heterocycles. The number of hydrogen-bond acceptors (Lipinski definition) is 3. The summed E-state index contributed by atoms with van der Waals surface area (Å²) in [4.78, 5) is 12.5. The highest BCUT2D eigenvalue weighted by atomic mass is 79.9. The highest BCUT2D eigenvalue weighted by molar-refractivity contribution is 9.09. The summed E-state index contributed by atoms with van der Waals surface area (Å²) in [6.07, 6.45) is 14.6. The van der Waals surface area contributed by atoms with Crippen LogP contribution in [0.3, 0.4) is 0 Å². The minimum atomic E-state index is -0.0463. The molecule has 0 fully saturated rings. The van der Waals surface area contributed by atoms with Gasteiger partial charge in [0, 0.05) is 29.7 Å². The van der Waals surface area contributed by atoms with Crippen LogP contribution in [0.5, 0.6) is 0 Å². The molecule has 0 amide bonds. The van der Waals surface area contributed by atoms with E-state index in [9.17, 15) is 4.79 Å². The molecule has 0 aliphatic rings. The summed E-state index contributed by atoms with van der Waals surface area (Å²) in [5.74, 6) is 0. The molecule has 0 aliphatic carbocycles. The molecule has 184 valence electrons. The number of aromatic nitrogens is 4. The van der Waals surface area contributed by atoms with Crippen molar-refractivity contribution >= 4 is 21.4 Å². The highest BCUT2D eigenvalue weighted by Crippen LogP contribution is 2.33. The van der Waals surface area contributed by atoms with E-state index < -0.39 is 0 Å². The number of benzene rings is 1. The average molecular weight is 536 g/mol. The van der Waals surface area contributed by atoms with Gasteiger partial charge in [-0.3, -0.25) is 4.79 Å². The molecule has 0 bridgehead atoms. The monoisotopic (exact) mass is 534 g/mol. The largest absolute Gasteiger partial charge is 0.268 e. The van der Waals surface area contributed by atoms with Gasteiger partial charge in [0.05, 0.1) is 16.8 Å². The van der Waals surface area contributed by atoms with Gasteiger partial charge in [0.2, 0.25) is 0 Å². The van der Waals surface area contributed by atoms with E-state index in [0.29, 0.717) is 6.54 Å². The van der Waals surface area contributed by atoms with Gasteiger partial charge in [-0.2, -0.15) is 10.2 Å². The fraction of sp³-hybridized carbons (Fsp3) is 0.414. The Morgan fingerprint density at radius 2 is 1.34 bits per heavy atom. The second-order valence-corrected chi connectivity index (χ2v) is 9.92. The normalized spacial score (nSPS) is 11.3. The third-order valence-electron chi connectivity index (χ3n) is 6.46. The van der Waals surface area contributed by atoms with Crippen LogP contribution in [0, 0.1) is 0 Å². The summed E-state index contributed by atoms with van der Waals surface area (Å²) in [5.41, 5.74) is 4.59. The number of nitrogens with zero attached hydrogens (tertiary/aromatic N) is 4. The number of halogens is 1. The van der Waals surface area contributed by atoms with Crippen LogP contribution in [-0.2, 0) is 6.54 Å². The van der Waals surface area contributed by atoms with E-state index in [4.69, 9.17) is 10.2 Å². The summed E-state index contributed by atoms with van der Waals surface area (Å²) in [7, 11) is 0. The minimum absolute atomic E-state index is 0.0463. The van der Waals surface area contributed by atoms with Gasteiger partial charge in [0.25, 0.3) is 5.56 Å². The predicted molar refractivity (Wildman–Crippen MR) is 148 cm³/mol. The molecule has 4 aromatic rings. The molecule has 0 atom stereocenters. The van der Waals surface area contributed by atoms with Crippen molar-refractivity contribution in [1.82, 2.24) is 19.4 Å². The van der Waals surface area contributed by atoms with Crippen LogP contribution >= 0.6 is 15.9 Å². The van der Waals surface area contributed by atoms with Crippen LogP contribution in [-0.4, -0.2) is 24.7 Å². The molecular formula is C29H35BrN4O. The molecule has 0 unspecified atom stereocenters. The molecule has 0 saturated carbocycles. The van der Waals surface area contributed by atoms with E-state index >= 15 is 0 Å². The van der Waals surface area contributed by atoms with Gasteiger partial charge >= 0.3 is 0 Å². The van der Waals surface area contributed by atoms with Crippen LogP contribution in [0.1, 0.15) is 64.2 Å². The van der Waals surface area contributed by atoms with Gasteiger partial charge < -0.3 is 0 Å². The molecule has 5 nitrogen and oxygen atoms in total. The Labute approximate surface area is 216 Å². The van der Waals surface area contributed by atoms with Crippen molar-refractivity contribution in [2.75, 3.05) is 5.33 Å². The number of aryl methyl sites for hydroxylation is 1. The quantitative estimate of drug-likeness (QED) is 0.124. The lowest BCUT2D eigenvalue weighted by Crippen LogP contribution is -2.22. The number of pyridine rings is 1. The zero-order valence-electron chi connectivity index (χ0n) is 20.4. The third-order valence-corrected chi connectivity index (χ3v) is 7.02. The van der Waals surface area contributed by atoms with Crippen molar-refractivity contribution in [3.8, 4) is 22.5 Å². The van der Waals surface area contributed by atoms with Gasteiger partial charge in [0.15, 0.2) is 0 Å². The smallest absolute Gasteiger partial charge is 0.266 e. The Morgan fingerprint density at radius 1 is 0.686 bits per heavy atom. The Bertz CT molecular complexity index is 1250. The number of unbranched alkanes of at least 4 members (excludes halogenated alkanes) is 9. The Hall–Kier alpha value is -2.73. The SMILES string of the molecule is O=c1ccc(-c2c(-c3ccccc3)nn3ccccc23)nn1CCCCCCCCCCCCBr. The van der Waals surface area contributed by atoms with E-state index in [-0.39, 0.29) is 5.56 Å². The maximum Gasteiger partial charge on any atom is 0.266 e. The van der Waals surface area contributed by atoms with Crippen molar-refractivity contribution in [1.29, 1.82) is 0 Å². The molecule has 0 radical (unpaired) electrons. The number of hydrogen-bond donors (Lipinski definition) is 0. The van der Waals surface area contributed by atoms with Crippen molar-refractivity contribution in [2.45, 2.75) is 70.8 Å². The number of rotatable bonds is 14. The Morgan fingerprint density at radius 3 is 2.06 bits per heavy atom. The first-order valence-electron chi connectivity index (χ1n) is 13.0. The first-order valence-corrected chi connectivity index (χ1v) is 14.1. The summed E-state index contributed by atoms with van der Waals surface area (Å²) in [6, 6.07) is 19.6. The maximum absolute atomic E-state index is 12.5. The third kappa shape index (κ3) is 6.91. The van der Waals surface area contributed by atoms with Crippen molar-refractivity contribution in [3.63, 3.8) is 0 Å². The van der Waals surface area contributed by atoms with Crippen LogP contribution in [0.25, 0.3) is 28.0 Å². The zero-order valence-corrected chi connectivity index (χ0v) is 22.0. The molecule has 3 aromatic heterocycles. The summed E-state index contributed by atoms with van der Waals surface area (Å²) in [6.45, 7) is 0.652. The van der Waals surface area contributed by atoms with Crippen molar-refractivity contribution in [3.05, 3.63) is 77.2 Å². The molecule has 4 rings (SSSR count). The van der Waals surface area contributed by atoms with E-state index in [1.165, 1.54) is 51.4 Å². The van der Waals surface area contributed by atoms with Gasteiger partial charge in [-0.15, -0.1) is 0 Å². The fourth-order valence-electron chi connectivity index (χ4n) is 4.56. The number of fused-ring (bicyclic) bond motifs is 1. The van der Waals surface area contributed by atoms with Crippen molar-refractivity contribution < 1.29 is 0 Å². The van der Waals surface area contributed by atoms with E-state index in [0.717, 1.165) is 46.2 Å². The molecular weight excluding hydrogens is 500 g/mol. The maximum atomic E-state index is 12.5. The molecule has 0 aliphatic heterocycles. The highest BCUT2D eigenvalue weighted by Gasteiger charge is 2.18. The number of alkyl halides is 1. The lowest BCUT2D eigenvalue weighted by molar-refractivity contribution is 0.503. The lowest BCUT2D eigenvalue weighted by atomic mass is 10.0. The van der Waals surface area contributed by atoms with E-state index in [1.54, 1.807) is 10.7 Å². The van der Waals surface area contributed by atoms with E-state index in [1.807, 2.05) is 53.2 Å². The summed E-state index contributed by atoms with van der Waals surface area (Å²) in [5, 5.41) is 10.7. The molecule has 3 heterocycles. The van der Waals surface area contributed by atoms with Crippen LogP contribution in [0.15, 0.2) is 71.7 Å². The van der Waals surface area contributed by atoms with Crippen molar-refractivity contribution in [2.24, 2.45) is 0 Å². The average Bonchev–Trinajstić information content (AvgIpc) is 3.28. The van der Waals surface area contributed by atoms with Gasteiger partial charge in [-0.05, 0) is 31.0 Å². The molecule has 1 aromatic carbocycles. The van der Waals surface area contributed by atoms with Gasteiger partial charge in [-0.25, -0.2) is 9.20 Å². The standard InChI is InChI=1S/C29H35BrN4O/c30-21-13-7-5-3-1-2-4-6-8-14-23-34-27(35)20-19-25(31-34)28-26-18-12-15-22-33(26)32-29(28)24-16-10-9-11-17-24/h9-12,15-20,22H,1-8,13-14,21,23H2. The second-order valence-electron chi connectivity index (χ2n) is 9.12. The first-order chi connectivity index (χ1) is 17.3. The molecule has 6 heteroatoms. The molecule has 35 heavy (non-hydrogen) atoms. The van der Waals surface area contributed by atoms with Gasteiger partial charge in [-0.1, -0.05) is 104 Å². The topological polar surface area (TPSA) is 52.2 Å². The second kappa shape index (κ2) is 13.4. The first kappa shape index (κ1) is 25.4. The Kier molecular flexibility index (Phi) is 9.70. The lowest BCUT2D eigenvalue weighted by Gasteiger charge is -2.08. The molecule has 0 N–H and O–H groups in total. The molecule has 0 spiro atoms.